The van der Waals surface area contributed by atoms with Crippen LogP contribution in [-0.2, 0) is 19.1 Å². The van der Waals surface area contributed by atoms with Crippen LogP contribution < -0.4 is 10.6 Å². The fraction of sp³-hybridized carbons (Fsp3) is 0.273. The van der Waals surface area contributed by atoms with Crippen molar-refractivity contribution in [3.05, 3.63) is 68.0 Å². The van der Waals surface area contributed by atoms with Crippen molar-refractivity contribution in [3.8, 4) is 12.1 Å². The molecule has 9 heteroatoms. The number of hydrogen-bond acceptors (Lipinski definition) is 9. The number of nitrogens with zero attached hydrogens (tertiary/aromatic N) is 2. The van der Waals surface area contributed by atoms with Gasteiger partial charge in [-0.2, -0.15) is 10.5 Å². The van der Waals surface area contributed by atoms with E-state index in [2.05, 4.69) is 22.8 Å². The summed E-state index contributed by atoms with van der Waals surface area (Å²) in [6.07, 6.45) is 1.47. The molecule has 158 valence electrons. The number of methoxy groups -OCH3 is 2. The molecule has 3 heterocycles. The fourth-order valence-corrected chi connectivity index (χ4v) is 4.68. The summed E-state index contributed by atoms with van der Waals surface area (Å²) in [7, 11) is 2.51. The van der Waals surface area contributed by atoms with Gasteiger partial charge in [0.15, 0.2) is 0 Å². The van der Waals surface area contributed by atoms with Gasteiger partial charge in [0.1, 0.15) is 0 Å². The second kappa shape index (κ2) is 8.90. The minimum Gasteiger partial charge on any atom is -0.466 e. The molecule has 1 atom stereocenters. The van der Waals surface area contributed by atoms with Crippen molar-refractivity contribution in [2.24, 2.45) is 5.92 Å². The zero-order chi connectivity index (χ0) is 22.7. The van der Waals surface area contributed by atoms with Crippen LogP contribution in [0.4, 0.5) is 0 Å². The molecule has 0 aliphatic carbocycles. The first-order valence-corrected chi connectivity index (χ1v) is 10.2. The average Bonchev–Trinajstić information content (AvgIpc) is 3.31. The SMILES string of the molecule is COC(=O)C1=CNC(C2C(C#N)=C(C)NC(C)=C2C#N)=C(C(=O)OC)C1c1cccs1. The topological polar surface area (TPSA) is 124 Å². The molecular weight excluding hydrogens is 416 g/mol. The van der Waals surface area contributed by atoms with Crippen LogP contribution in [0.5, 0.6) is 0 Å². The molecule has 0 aromatic carbocycles. The van der Waals surface area contributed by atoms with Crippen LogP contribution in [0.2, 0.25) is 0 Å². The minimum atomic E-state index is -0.816. The Labute approximate surface area is 183 Å². The highest BCUT2D eigenvalue weighted by molar-refractivity contribution is 7.10. The summed E-state index contributed by atoms with van der Waals surface area (Å²) in [5, 5.41) is 27.6. The quantitative estimate of drug-likeness (QED) is 0.691. The normalized spacial score (nSPS) is 19.0. The molecular formula is C22H20N4O4S. The van der Waals surface area contributed by atoms with Gasteiger partial charge in [-0.1, -0.05) is 6.07 Å². The molecule has 0 bridgehead atoms. The zero-order valence-electron chi connectivity index (χ0n) is 17.4. The van der Waals surface area contributed by atoms with Crippen molar-refractivity contribution < 1.29 is 19.1 Å². The number of rotatable bonds is 4. The predicted molar refractivity (Wildman–Crippen MR) is 113 cm³/mol. The van der Waals surface area contributed by atoms with E-state index in [0.717, 1.165) is 4.88 Å². The molecule has 1 aromatic heterocycles. The smallest absolute Gasteiger partial charge is 0.336 e. The van der Waals surface area contributed by atoms with Gasteiger partial charge in [-0.05, 0) is 25.3 Å². The summed E-state index contributed by atoms with van der Waals surface area (Å²) in [4.78, 5) is 26.3. The highest BCUT2D eigenvalue weighted by Gasteiger charge is 2.42. The van der Waals surface area contributed by atoms with Crippen LogP contribution in [0.1, 0.15) is 24.6 Å². The Morgan fingerprint density at radius 3 is 2.13 bits per heavy atom. The second-order valence-corrected chi connectivity index (χ2v) is 7.84. The number of carbonyl (C=O) groups excluding carboxylic acids is 2. The molecule has 2 aliphatic rings. The highest BCUT2D eigenvalue weighted by atomic mass is 32.1. The molecule has 0 radical (unpaired) electrons. The van der Waals surface area contributed by atoms with Gasteiger partial charge in [0.05, 0.1) is 60.5 Å². The van der Waals surface area contributed by atoms with E-state index in [0.29, 0.717) is 28.2 Å². The van der Waals surface area contributed by atoms with Gasteiger partial charge in [-0.25, -0.2) is 9.59 Å². The van der Waals surface area contributed by atoms with E-state index in [1.54, 1.807) is 19.9 Å². The Kier molecular flexibility index (Phi) is 6.28. The molecule has 0 fully saturated rings. The molecule has 0 saturated heterocycles. The molecule has 2 aliphatic heterocycles. The number of ether oxygens (including phenoxy) is 2. The fourth-order valence-electron chi connectivity index (χ4n) is 3.83. The second-order valence-electron chi connectivity index (χ2n) is 6.86. The number of hydrogen-bond donors (Lipinski definition) is 2. The monoisotopic (exact) mass is 436 g/mol. The summed E-state index contributed by atoms with van der Waals surface area (Å²) in [6, 6.07) is 7.92. The van der Waals surface area contributed by atoms with E-state index in [1.807, 2.05) is 11.4 Å². The van der Waals surface area contributed by atoms with Gasteiger partial charge in [-0.15, -0.1) is 11.3 Å². The lowest BCUT2D eigenvalue weighted by Gasteiger charge is -2.33. The number of esters is 2. The molecule has 31 heavy (non-hydrogen) atoms. The molecule has 1 aromatic rings. The number of carbonyl (C=O) groups is 2. The summed E-state index contributed by atoms with van der Waals surface area (Å²) >= 11 is 1.37. The molecule has 0 saturated carbocycles. The minimum absolute atomic E-state index is 0.154. The third-order valence-corrected chi connectivity index (χ3v) is 6.15. The van der Waals surface area contributed by atoms with Crippen molar-refractivity contribution >= 4 is 23.3 Å². The lowest BCUT2D eigenvalue weighted by atomic mass is 9.77. The third kappa shape index (κ3) is 3.72. The Hall–Kier alpha value is -3.82. The van der Waals surface area contributed by atoms with Gasteiger partial charge in [0, 0.05) is 28.2 Å². The standard InChI is InChI=1S/C22H20N4O4S/c1-11-13(8-23)17(14(9-24)12(2)26-11)20-19(22(28)30-4)18(16-6-5-7-31-16)15(10-25-20)21(27)29-3/h5-7,10,17-18,25-26H,1-4H3. The van der Waals surface area contributed by atoms with E-state index in [9.17, 15) is 20.1 Å². The molecule has 8 nitrogen and oxygen atoms in total. The van der Waals surface area contributed by atoms with Crippen molar-refractivity contribution in [3.63, 3.8) is 0 Å². The van der Waals surface area contributed by atoms with Crippen molar-refractivity contribution in [1.29, 1.82) is 10.5 Å². The Balaban J connectivity index is 2.34. The van der Waals surface area contributed by atoms with Gasteiger partial charge in [0.2, 0.25) is 0 Å². The summed E-state index contributed by atoms with van der Waals surface area (Å²) < 4.78 is 10.00. The van der Waals surface area contributed by atoms with Gasteiger partial charge < -0.3 is 20.1 Å². The Bertz CT molecular complexity index is 1110. The molecule has 2 N–H and O–H groups in total. The van der Waals surface area contributed by atoms with Crippen molar-refractivity contribution in [2.75, 3.05) is 14.2 Å². The largest absolute Gasteiger partial charge is 0.466 e. The van der Waals surface area contributed by atoms with Crippen LogP contribution in [0.25, 0.3) is 0 Å². The van der Waals surface area contributed by atoms with Crippen LogP contribution in [0.3, 0.4) is 0 Å². The lowest BCUT2D eigenvalue weighted by Crippen LogP contribution is -2.36. The third-order valence-electron chi connectivity index (χ3n) is 5.22. The molecule has 3 rings (SSSR count). The van der Waals surface area contributed by atoms with Gasteiger partial charge in [-0.3, -0.25) is 0 Å². The van der Waals surface area contributed by atoms with E-state index < -0.39 is 23.8 Å². The van der Waals surface area contributed by atoms with Crippen LogP contribution >= 0.6 is 11.3 Å². The number of nitrogens with one attached hydrogen (secondary N) is 2. The summed E-state index contributed by atoms with van der Waals surface area (Å²) in [5.74, 6) is -2.86. The molecule has 0 amide bonds. The number of allylic oxidation sites excluding steroid dienone is 3. The highest BCUT2D eigenvalue weighted by Crippen LogP contribution is 2.44. The lowest BCUT2D eigenvalue weighted by molar-refractivity contribution is -0.137. The average molecular weight is 436 g/mol. The maximum atomic E-state index is 13.0. The first kappa shape index (κ1) is 21.9. The maximum absolute atomic E-state index is 13.0. The van der Waals surface area contributed by atoms with Crippen molar-refractivity contribution in [2.45, 2.75) is 19.8 Å². The first-order chi connectivity index (χ1) is 14.9. The van der Waals surface area contributed by atoms with Crippen LogP contribution in [-0.4, -0.2) is 26.2 Å². The number of dihydropyridines is 2. The van der Waals surface area contributed by atoms with E-state index in [-0.39, 0.29) is 11.1 Å². The Morgan fingerprint density at radius 2 is 1.65 bits per heavy atom. The van der Waals surface area contributed by atoms with E-state index >= 15 is 0 Å². The van der Waals surface area contributed by atoms with Crippen molar-refractivity contribution in [1.82, 2.24) is 10.6 Å². The summed E-state index contributed by atoms with van der Waals surface area (Å²) in [6.45, 7) is 3.47. The maximum Gasteiger partial charge on any atom is 0.336 e. The van der Waals surface area contributed by atoms with E-state index in [4.69, 9.17) is 9.47 Å². The van der Waals surface area contributed by atoms with Gasteiger partial charge in [0.25, 0.3) is 0 Å². The van der Waals surface area contributed by atoms with Crippen LogP contribution in [0.15, 0.2) is 63.1 Å². The number of nitriles is 2. The Morgan fingerprint density at radius 1 is 1.03 bits per heavy atom. The molecule has 1 unspecified atom stereocenters. The first-order valence-electron chi connectivity index (χ1n) is 9.28. The van der Waals surface area contributed by atoms with Gasteiger partial charge >= 0.3 is 11.9 Å². The van der Waals surface area contributed by atoms with Crippen LogP contribution in [0, 0.1) is 28.6 Å². The molecule has 0 spiro atoms. The summed E-state index contributed by atoms with van der Waals surface area (Å²) in [5.41, 5.74) is 2.46. The number of thiophene rings is 1. The predicted octanol–water partition coefficient (Wildman–Crippen LogP) is 2.73. The van der Waals surface area contributed by atoms with E-state index in [1.165, 1.54) is 31.8 Å². The zero-order valence-corrected chi connectivity index (χ0v) is 18.2.